The highest BCUT2D eigenvalue weighted by atomic mass is 35.5. The standard InChI is InChI=1S/C15H15ClN4O/c16-12-4-2-1-3-11(12)9-17-13-7-8-14(20-19-13)18-15(21)10-5-6-10/h1-4,7-8,10H,5-6,9H2,(H,17,19)(H,18,20,21). The Kier molecular flexibility index (Phi) is 4.01. The Morgan fingerprint density at radius 1 is 1.14 bits per heavy atom. The third-order valence-corrected chi connectivity index (χ3v) is 3.65. The summed E-state index contributed by atoms with van der Waals surface area (Å²) in [5.74, 6) is 1.31. The molecule has 1 heterocycles. The molecule has 0 bridgehead atoms. The molecule has 0 spiro atoms. The van der Waals surface area contributed by atoms with Gasteiger partial charge in [-0.15, -0.1) is 10.2 Å². The van der Waals surface area contributed by atoms with Crippen molar-refractivity contribution in [2.75, 3.05) is 10.6 Å². The van der Waals surface area contributed by atoms with Crippen molar-refractivity contribution in [1.29, 1.82) is 0 Å². The summed E-state index contributed by atoms with van der Waals surface area (Å²) in [7, 11) is 0. The molecule has 0 radical (unpaired) electrons. The maximum absolute atomic E-state index is 11.6. The lowest BCUT2D eigenvalue weighted by molar-refractivity contribution is -0.117. The van der Waals surface area contributed by atoms with Crippen LogP contribution in [0.15, 0.2) is 36.4 Å². The number of carbonyl (C=O) groups is 1. The predicted molar refractivity (Wildman–Crippen MR) is 82.2 cm³/mol. The van der Waals surface area contributed by atoms with E-state index < -0.39 is 0 Å². The van der Waals surface area contributed by atoms with Crippen LogP contribution < -0.4 is 10.6 Å². The molecule has 0 saturated heterocycles. The van der Waals surface area contributed by atoms with E-state index in [2.05, 4.69) is 20.8 Å². The van der Waals surface area contributed by atoms with Crippen LogP contribution >= 0.6 is 11.6 Å². The molecule has 0 unspecified atom stereocenters. The van der Waals surface area contributed by atoms with Crippen molar-refractivity contribution in [2.24, 2.45) is 5.92 Å². The SMILES string of the molecule is O=C(Nc1ccc(NCc2ccccc2Cl)nn1)C1CC1. The number of rotatable bonds is 5. The van der Waals surface area contributed by atoms with Crippen LogP contribution in [0.5, 0.6) is 0 Å². The van der Waals surface area contributed by atoms with Crippen LogP contribution in [0.25, 0.3) is 0 Å². The average molecular weight is 303 g/mol. The smallest absolute Gasteiger partial charge is 0.228 e. The predicted octanol–water partition coefficient (Wildman–Crippen LogP) is 3.09. The molecule has 108 valence electrons. The third-order valence-electron chi connectivity index (χ3n) is 3.28. The summed E-state index contributed by atoms with van der Waals surface area (Å²) >= 11 is 6.08. The minimum Gasteiger partial charge on any atom is -0.364 e. The van der Waals surface area contributed by atoms with E-state index in [0.717, 1.165) is 18.4 Å². The van der Waals surface area contributed by atoms with Gasteiger partial charge in [0.2, 0.25) is 5.91 Å². The summed E-state index contributed by atoms with van der Waals surface area (Å²) in [5.41, 5.74) is 0.993. The second-order valence-corrected chi connectivity index (χ2v) is 5.42. The van der Waals surface area contributed by atoms with E-state index in [1.807, 2.05) is 24.3 Å². The fourth-order valence-corrected chi connectivity index (χ4v) is 2.10. The summed E-state index contributed by atoms with van der Waals surface area (Å²) in [6, 6.07) is 11.1. The molecule has 0 atom stereocenters. The van der Waals surface area contributed by atoms with Gasteiger partial charge in [0.1, 0.15) is 5.82 Å². The van der Waals surface area contributed by atoms with Gasteiger partial charge in [-0.2, -0.15) is 0 Å². The van der Waals surface area contributed by atoms with Crippen molar-refractivity contribution >= 4 is 29.1 Å². The number of nitrogens with one attached hydrogen (secondary N) is 2. The van der Waals surface area contributed by atoms with Gasteiger partial charge in [-0.3, -0.25) is 4.79 Å². The maximum Gasteiger partial charge on any atom is 0.228 e. The topological polar surface area (TPSA) is 66.9 Å². The molecule has 5 nitrogen and oxygen atoms in total. The van der Waals surface area contributed by atoms with E-state index in [1.54, 1.807) is 12.1 Å². The first-order chi connectivity index (χ1) is 10.2. The van der Waals surface area contributed by atoms with Crippen LogP contribution in [0.1, 0.15) is 18.4 Å². The van der Waals surface area contributed by atoms with Gasteiger partial charge in [-0.1, -0.05) is 29.8 Å². The van der Waals surface area contributed by atoms with Gasteiger partial charge in [0.25, 0.3) is 0 Å². The van der Waals surface area contributed by atoms with Crippen molar-refractivity contribution < 1.29 is 4.79 Å². The number of benzene rings is 1. The second kappa shape index (κ2) is 6.10. The highest BCUT2D eigenvalue weighted by molar-refractivity contribution is 6.31. The molecule has 3 rings (SSSR count). The zero-order chi connectivity index (χ0) is 14.7. The van der Waals surface area contributed by atoms with Crippen molar-refractivity contribution in [3.63, 3.8) is 0 Å². The first-order valence-electron chi connectivity index (χ1n) is 6.84. The molecule has 0 aliphatic heterocycles. The molecular weight excluding hydrogens is 288 g/mol. The normalized spacial score (nSPS) is 13.8. The van der Waals surface area contributed by atoms with Gasteiger partial charge < -0.3 is 10.6 Å². The lowest BCUT2D eigenvalue weighted by Gasteiger charge is -2.07. The molecule has 2 aromatic rings. The summed E-state index contributed by atoms with van der Waals surface area (Å²) in [5, 5.41) is 14.6. The molecule has 1 aliphatic rings. The van der Waals surface area contributed by atoms with Crippen molar-refractivity contribution in [2.45, 2.75) is 19.4 Å². The quantitative estimate of drug-likeness (QED) is 0.890. The Bertz CT molecular complexity index is 640. The van der Waals surface area contributed by atoms with E-state index in [0.29, 0.717) is 23.2 Å². The average Bonchev–Trinajstić information content (AvgIpc) is 3.33. The molecule has 1 amide bonds. The third kappa shape index (κ3) is 3.70. The largest absolute Gasteiger partial charge is 0.364 e. The number of nitrogens with zero attached hydrogens (tertiary/aromatic N) is 2. The molecular formula is C15H15ClN4O. The fourth-order valence-electron chi connectivity index (χ4n) is 1.89. The molecule has 1 aromatic carbocycles. The van der Waals surface area contributed by atoms with Crippen molar-refractivity contribution in [3.8, 4) is 0 Å². The van der Waals surface area contributed by atoms with Crippen LogP contribution in [-0.4, -0.2) is 16.1 Å². The van der Waals surface area contributed by atoms with Gasteiger partial charge >= 0.3 is 0 Å². The fraction of sp³-hybridized carbons (Fsp3) is 0.267. The van der Waals surface area contributed by atoms with E-state index in [9.17, 15) is 4.79 Å². The highest BCUT2D eigenvalue weighted by Crippen LogP contribution is 2.29. The van der Waals surface area contributed by atoms with Crippen LogP contribution in [0.2, 0.25) is 5.02 Å². The van der Waals surface area contributed by atoms with Crippen molar-refractivity contribution in [1.82, 2.24) is 10.2 Å². The summed E-state index contributed by atoms with van der Waals surface area (Å²) in [4.78, 5) is 11.6. The van der Waals surface area contributed by atoms with Crippen LogP contribution in [0.4, 0.5) is 11.6 Å². The Morgan fingerprint density at radius 3 is 2.52 bits per heavy atom. The van der Waals surface area contributed by atoms with Gasteiger partial charge in [-0.25, -0.2) is 0 Å². The molecule has 1 saturated carbocycles. The highest BCUT2D eigenvalue weighted by Gasteiger charge is 2.29. The van der Waals surface area contributed by atoms with Crippen LogP contribution in [0, 0.1) is 5.92 Å². The van der Waals surface area contributed by atoms with Gasteiger partial charge in [0, 0.05) is 17.5 Å². The number of hydrogen-bond donors (Lipinski definition) is 2. The number of aromatic nitrogens is 2. The van der Waals surface area contributed by atoms with E-state index >= 15 is 0 Å². The number of hydrogen-bond acceptors (Lipinski definition) is 4. The zero-order valence-corrected chi connectivity index (χ0v) is 12.1. The first kappa shape index (κ1) is 13.8. The van der Waals surface area contributed by atoms with Crippen LogP contribution in [-0.2, 0) is 11.3 Å². The summed E-state index contributed by atoms with van der Waals surface area (Å²) in [6.45, 7) is 0.572. The number of amides is 1. The van der Waals surface area contributed by atoms with Gasteiger partial charge in [0.15, 0.2) is 5.82 Å². The number of anilines is 2. The number of halogens is 1. The molecule has 1 aliphatic carbocycles. The second-order valence-electron chi connectivity index (χ2n) is 5.01. The lowest BCUT2D eigenvalue weighted by Crippen LogP contribution is -2.15. The Morgan fingerprint density at radius 2 is 1.86 bits per heavy atom. The molecule has 2 N–H and O–H groups in total. The van der Waals surface area contributed by atoms with E-state index in [-0.39, 0.29) is 11.8 Å². The Balaban J connectivity index is 1.56. The molecule has 1 aromatic heterocycles. The van der Waals surface area contributed by atoms with E-state index in [1.165, 1.54) is 0 Å². The monoisotopic (exact) mass is 302 g/mol. The molecule has 1 fully saturated rings. The van der Waals surface area contributed by atoms with Gasteiger partial charge in [-0.05, 0) is 36.6 Å². The Hall–Kier alpha value is -2.14. The lowest BCUT2D eigenvalue weighted by atomic mass is 10.2. The van der Waals surface area contributed by atoms with Crippen LogP contribution in [0.3, 0.4) is 0 Å². The minimum atomic E-state index is 0.0288. The molecule has 21 heavy (non-hydrogen) atoms. The zero-order valence-electron chi connectivity index (χ0n) is 11.3. The van der Waals surface area contributed by atoms with E-state index in [4.69, 9.17) is 11.6 Å². The van der Waals surface area contributed by atoms with Gasteiger partial charge in [0.05, 0.1) is 0 Å². The summed E-state index contributed by atoms with van der Waals surface area (Å²) < 4.78 is 0. The maximum atomic E-state index is 11.6. The number of carbonyl (C=O) groups excluding carboxylic acids is 1. The summed E-state index contributed by atoms with van der Waals surface area (Å²) in [6.07, 6.45) is 1.94. The Labute approximate surface area is 127 Å². The van der Waals surface area contributed by atoms with Crippen molar-refractivity contribution in [3.05, 3.63) is 47.0 Å². The molecule has 6 heteroatoms. The first-order valence-corrected chi connectivity index (χ1v) is 7.22. The minimum absolute atomic E-state index is 0.0288.